The van der Waals surface area contributed by atoms with Crippen LogP contribution in [0.3, 0.4) is 0 Å². The van der Waals surface area contributed by atoms with Crippen molar-refractivity contribution in [2.24, 2.45) is 0 Å². The largest absolute Gasteiger partial charge is 0.423 e. The van der Waals surface area contributed by atoms with Gasteiger partial charge in [0.25, 0.3) is 11.9 Å². The molecule has 0 unspecified atom stereocenters. The number of anilines is 1. The minimum atomic E-state index is -0.188. The molecule has 1 saturated heterocycles. The number of fused-ring (bicyclic) bond motifs is 1. The molecule has 4 rings (SSSR count). The third-order valence-corrected chi connectivity index (χ3v) is 4.24. The Kier molecular flexibility index (Phi) is 3.68. The zero-order chi connectivity index (χ0) is 16.5. The quantitative estimate of drug-likeness (QED) is 0.796. The SMILES string of the molecule is Cc1cc(C(=O)NC2CCN(c3nc4ccccc4o3)CC2)no1. The van der Waals surface area contributed by atoms with Crippen molar-refractivity contribution in [3.8, 4) is 0 Å². The number of hydrogen-bond acceptors (Lipinski definition) is 6. The molecule has 1 aliphatic rings. The second-order valence-electron chi connectivity index (χ2n) is 6.02. The molecule has 124 valence electrons. The minimum Gasteiger partial charge on any atom is -0.423 e. The van der Waals surface area contributed by atoms with Crippen LogP contribution >= 0.6 is 0 Å². The lowest BCUT2D eigenvalue weighted by Crippen LogP contribution is -2.44. The van der Waals surface area contributed by atoms with Crippen molar-refractivity contribution >= 4 is 23.0 Å². The van der Waals surface area contributed by atoms with Crippen LogP contribution in [0.5, 0.6) is 0 Å². The van der Waals surface area contributed by atoms with Crippen molar-refractivity contribution in [1.82, 2.24) is 15.5 Å². The first-order valence-electron chi connectivity index (χ1n) is 8.04. The first-order chi connectivity index (χ1) is 11.7. The van der Waals surface area contributed by atoms with E-state index in [2.05, 4.69) is 20.4 Å². The number of nitrogens with one attached hydrogen (secondary N) is 1. The number of aryl methyl sites for hydroxylation is 1. The molecule has 2 aromatic heterocycles. The van der Waals surface area contributed by atoms with E-state index < -0.39 is 0 Å². The molecule has 0 atom stereocenters. The van der Waals surface area contributed by atoms with E-state index in [1.54, 1.807) is 13.0 Å². The molecular formula is C17H18N4O3. The second kappa shape index (κ2) is 5.99. The Hall–Kier alpha value is -2.83. The highest BCUT2D eigenvalue weighted by atomic mass is 16.5. The molecule has 1 aromatic carbocycles. The first-order valence-corrected chi connectivity index (χ1v) is 8.04. The summed E-state index contributed by atoms with van der Waals surface area (Å²) in [6, 6.07) is 10.1. The van der Waals surface area contributed by atoms with Gasteiger partial charge in [-0.1, -0.05) is 17.3 Å². The van der Waals surface area contributed by atoms with Crippen molar-refractivity contribution < 1.29 is 13.7 Å². The van der Waals surface area contributed by atoms with Crippen molar-refractivity contribution in [3.63, 3.8) is 0 Å². The number of oxazole rings is 1. The van der Waals surface area contributed by atoms with E-state index in [0.29, 0.717) is 17.5 Å². The molecule has 7 nitrogen and oxygen atoms in total. The van der Waals surface area contributed by atoms with Gasteiger partial charge in [0.1, 0.15) is 11.3 Å². The van der Waals surface area contributed by atoms with Gasteiger partial charge in [0, 0.05) is 25.2 Å². The Morgan fingerprint density at radius 1 is 1.29 bits per heavy atom. The maximum atomic E-state index is 12.1. The predicted molar refractivity (Wildman–Crippen MR) is 88.0 cm³/mol. The molecular weight excluding hydrogens is 308 g/mol. The van der Waals surface area contributed by atoms with Crippen LogP contribution in [-0.2, 0) is 0 Å². The number of benzene rings is 1. The topological polar surface area (TPSA) is 84.4 Å². The van der Waals surface area contributed by atoms with Gasteiger partial charge in [0.2, 0.25) is 0 Å². The molecule has 7 heteroatoms. The summed E-state index contributed by atoms with van der Waals surface area (Å²) in [6.45, 7) is 3.34. The third kappa shape index (κ3) is 2.84. The first kappa shape index (κ1) is 14.7. The van der Waals surface area contributed by atoms with Crippen molar-refractivity contribution in [2.45, 2.75) is 25.8 Å². The predicted octanol–water partition coefficient (Wildman–Crippen LogP) is 2.52. The molecule has 1 fully saturated rings. The van der Waals surface area contributed by atoms with Crippen molar-refractivity contribution in [2.75, 3.05) is 18.0 Å². The Bertz CT molecular complexity index is 828. The van der Waals surface area contributed by atoms with Gasteiger partial charge in [-0.2, -0.15) is 4.98 Å². The van der Waals surface area contributed by atoms with Gasteiger partial charge in [-0.3, -0.25) is 4.79 Å². The zero-order valence-electron chi connectivity index (χ0n) is 13.4. The number of hydrogen-bond donors (Lipinski definition) is 1. The van der Waals surface area contributed by atoms with Gasteiger partial charge in [0.15, 0.2) is 11.3 Å². The Balaban J connectivity index is 1.37. The molecule has 3 heterocycles. The molecule has 0 aliphatic carbocycles. The van der Waals surface area contributed by atoms with Gasteiger partial charge in [0.05, 0.1) is 0 Å². The van der Waals surface area contributed by atoms with Crippen LogP contribution in [-0.4, -0.2) is 35.2 Å². The fourth-order valence-corrected chi connectivity index (χ4v) is 2.94. The Morgan fingerprint density at radius 2 is 2.08 bits per heavy atom. The average Bonchev–Trinajstić information content (AvgIpc) is 3.21. The molecule has 0 saturated carbocycles. The summed E-state index contributed by atoms with van der Waals surface area (Å²) in [7, 11) is 0. The maximum Gasteiger partial charge on any atom is 0.298 e. The Morgan fingerprint density at radius 3 is 2.79 bits per heavy atom. The fraction of sp³-hybridized carbons (Fsp3) is 0.353. The molecule has 24 heavy (non-hydrogen) atoms. The number of carbonyl (C=O) groups is 1. The number of para-hydroxylation sites is 2. The summed E-state index contributed by atoms with van der Waals surface area (Å²) in [5.74, 6) is 0.443. The van der Waals surface area contributed by atoms with E-state index in [4.69, 9.17) is 8.94 Å². The summed E-state index contributed by atoms with van der Waals surface area (Å²) in [5.41, 5.74) is 1.99. The van der Waals surface area contributed by atoms with Gasteiger partial charge >= 0.3 is 0 Å². The second-order valence-corrected chi connectivity index (χ2v) is 6.02. The summed E-state index contributed by atoms with van der Waals surface area (Å²) in [4.78, 5) is 18.8. The van der Waals surface area contributed by atoms with E-state index in [0.717, 1.165) is 37.0 Å². The van der Waals surface area contributed by atoms with E-state index in [-0.39, 0.29) is 11.9 Å². The van der Waals surface area contributed by atoms with Crippen LogP contribution < -0.4 is 10.2 Å². The van der Waals surface area contributed by atoms with E-state index in [1.165, 1.54) is 0 Å². The van der Waals surface area contributed by atoms with Crippen LogP contribution in [0.25, 0.3) is 11.1 Å². The van der Waals surface area contributed by atoms with Gasteiger partial charge < -0.3 is 19.2 Å². The molecule has 1 N–H and O–H groups in total. The lowest BCUT2D eigenvalue weighted by Gasteiger charge is -2.31. The van der Waals surface area contributed by atoms with Crippen LogP contribution in [0.15, 0.2) is 39.3 Å². The number of amides is 1. The smallest absolute Gasteiger partial charge is 0.298 e. The summed E-state index contributed by atoms with van der Waals surface area (Å²) < 4.78 is 10.7. The van der Waals surface area contributed by atoms with E-state index in [1.807, 2.05) is 24.3 Å². The minimum absolute atomic E-state index is 0.120. The lowest BCUT2D eigenvalue weighted by molar-refractivity contribution is 0.0921. The van der Waals surface area contributed by atoms with Gasteiger partial charge in [-0.15, -0.1) is 0 Å². The molecule has 1 aliphatic heterocycles. The lowest BCUT2D eigenvalue weighted by atomic mass is 10.1. The highest BCUT2D eigenvalue weighted by molar-refractivity contribution is 5.92. The van der Waals surface area contributed by atoms with E-state index in [9.17, 15) is 4.79 Å². The van der Waals surface area contributed by atoms with Crippen molar-refractivity contribution in [1.29, 1.82) is 0 Å². The molecule has 0 spiro atoms. The number of aromatic nitrogens is 2. The summed E-state index contributed by atoms with van der Waals surface area (Å²) >= 11 is 0. The number of nitrogens with zero attached hydrogens (tertiary/aromatic N) is 3. The Labute approximate surface area is 138 Å². The normalized spacial score (nSPS) is 15.8. The molecule has 0 radical (unpaired) electrons. The molecule has 3 aromatic rings. The highest BCUT2D eigenvalue weighted by Crippen LogP contribution is 2.24. The highest BCUT2D eigenvalue weighted by Gasteiger charge is 2.24. The zero-order valence-corrected chi connectivity index (χ0v) is 13.4. The third-order valence-electron chi connectivity index (χ3n) is 4.24. The van der Waals surface area contributed by atoms with Crippen LogP contribution in [0.2, 0.25) is 0 Å². The van der Waals surface area contributed by atoms with Crippen LogP contribution in [0, 0.1) is 6.92 Å². The van der Waals surface area contributed by atoms with Crippen LogP contribution in [0.1, 0.15) is 29.1 Å². The molecule has 1 amide bonds. The summed E-state index contributed by atoms with van der Waals surface area (Å²) in [6.07, 6.45) is 1.67. The number of piperidine rings is 1. The number of carbonyl (C=O) groups excluding carboxylic acids is 1. The monoisotopic (exact) mass is 326 g/mol. The van der Waals surface area contributed by atoms with Crippen LogP contribution in [0.4, 0.5) is 6.01 Å². The van der Waals surface area contributed by atoms with Gasteiger partial charge in [-0.25, -0.2) is 0 Å². The van der Waals surface area contributed by atoms with Gasteiger partial charge in [-0.05, 0) is 31.9 Å². The van der Waals surface area contributed by atoms with Crippen molar-refractivity contribution in [3.05, 3.63) is 41.8 Å². The maximum absolute atomic E-state index is 12.1. The molecule has 0 bridgehead atoms. The number of rotatable bonds is 3. The standard InChI is InChI=1S/C17H18N4O3/c1-11-10-14(20-24-11)16(22)18-12-6-8-21(9-7-12)17-19-13-4-2-3-5-15(13)23-17/h2-5,10,12H,6-9H2,1H3,(H,18,22). The average molecular weight is 326 g/mol. The van der Waals surface area contributed by atoms with E-state index >= 15 is 0 Å². The summed E-state index contributed by atoms with van der Waals surface area (Å²) in [5, 5.41) is 6.75. The fourth-order valence-electron chi connectivity index (χ4n) is 2.94.